The van der Waals surface area contributed by atoms with Crippen LogP contribution in [0.4, 0.5) is 5.13 Å². The number of fused-ring (bicyclic) bond motifs is 2. The summed E-state index contributed by atoms with van der Waals surface area (Å²) in [6.07, 6.45) is 2.50. The Morgan fingerprint density at radius 1 is 1.10 bits per heavy atom. The first-order chi connectivity index (χ1) is 18.8. The van der Waals surface area contributed by atoms with E-state index in [9.17, 15) is 13.2 Å². The zero-order valence-electron chi connectivity index (χ0n) is 22.1. The first kappa shape index (κ1) is 26.1. The lowest BCUT2D eigenvalue weighted by Crippen LogP contribution is -2.37. The fraction of sp³-hybridized carbons (Fsp3) is 0.333. The van der Waals surface area contributed by atoms with Gasteiger partial charge in [0, 0.05) is 25.3 Å². The Hall–Kier alpha value is -3.11. The molecule has 9 heteroatoms. The number of carbonyl (C=O) groups excluding carboxylic acids is 1. The van der Waals surface area contributed by atoms with Gasteiger partial charge in [-0.1, -0.05) is 41.7 Å². The van der Waals surface area contributed by atoms with Crippen molar-refractivity contribution in [1.29, 1.82) is 0 Å². The minimum absolute atomic E-state index is 0.0505. The summed E-state index contributed by atoms with van der Waals surface area (Å²) in [5.41, 5.74) is 5.77. The lowest BCUT2D eigenvalue weighted by atomic mass is 10.0. The summed E-state index contributed by atoms with van der Waals surface area (Å²) in [5, 5.41) is 0.628. The van der Waals surface area contributed by atoms with Crippen LogP contribution in [0, 0.1) is 13.8 Å². The van der Waals surface area contributed by atoms with Gasteiger partial charge in [-0.2, -0.15) is 4.31 Å². The van der Waals surface area contributed by atoms with Crippen LogP contribution in [0.15, 0.2) is 65.6 Å². The third-order valence-corrected chi connectivity index (χ3v) is 10.4. The molecule has 0 N–H and O–H groups in total. The molecule has 1 fully saturated rings. The van der Waals surface area contributed by atoms with Gasteiger partial charge in [0.2, 0.25) is 10.0 Å². The lowest BCUT2D eigenvalue weighted by Gasteiger charge is -2.28. The van der Waals surface area contributed by atoms with Crippen molar-refractivity contribution in [1.82, 2.24) is 9.29 Å². The third kappa shape index (κ3) is 5.12. The highest BCUT2D eigenvalue weighted by Gasteiger charge is 2.30. The summed E-state index contributed by atoms with van der Waals surface area (Å²) in [6, 6.07) is 18.4. The van der Waals surface area contributed by atoms with Crippen molar-refractivity contribution >= 4 is 42.6 Å². The number of hydrogen-bond acceptors (Lipinski definition) is 6. The smallest absolute Gasteiger partial charge is 0.260 e. The summed E-state index contributed by atoms with van der Waals surface area (Å²) >= 11 is 1.50. The summed E-state index contributed by atoms with van der Waals surface area (Å²) in [4.78, 5) is 20.6. The number of aryl methyl sites for hydroxylation is 2. The standard InChI is InChI=1S/C30H31N3O4S2/c1-20-16-21(2)28-27(17-20)38-30(31-28)33(19-25-8-5-15-37-25)29(34)23-9-11-26(12-10-23)39(35,36)32-14-13-22-6-3-4-7-24(22)18-32/h3-4,6-7,9-12,16-17,25H,5,8,13-15,18-19H2,1-2H3. The average molecular weight is 562 g/mol. The molecule has 6 rings (SSSR count). The Morgan fingerprint density at radius 2 is 1.87 bits per heavy atom. The van der Waals surface area contributed by atoms with Gasteiger partial charge in [0.05, 0.1) is 27.8 Å². The largest absolute Gasteiger partial charge is 0.376 e. The van der Waals surface area contributed by atoms with Gasteiger partial charge < -0.3 is 4.74 Å². The molecule has 0 saturated carbocycles. The number of ether oxygens (including phenoxy) is 1. The fourth-order valence-corrected chi connectivity index (χ4v) is 8.03. The van der Waals surface area contributed by atoms with E-state index in [1.165, 1.54) is 21.2 Å². The van der Waals surface area contributed by atoms with E-state index in [4.69, 9.17) is 9.72 Å². The third-order valence-electron chi connectivity index (χ3n) is 7.54. The molecule has 0 radical (unpaired) electrons. The van der Waals surface area contributed by atoms with Crippen molar-refractivity contribution in [3.63, 3.8) is 0 Å². The molecule has 2 aliphatic rings. The number of hydrogen-bond donors (Lipinski definition) is 0. The van der Waals surface area contributed by atoms with Gasteiger partial charge in [0.1, 0.15) is 0 Å². The molecule has 7 nitrogen and oxygen atoms in total. The van der Waals surface area contributed by atoms with E-state index in [0.29, 0.717) is 43.4 Å². The van der Waals surface area contributed by atoms with Crippen LogP contribution < -0.4 is 4.90 Å². The van der Waals surface area contributed by atoms with Gasteiger partial charge in [0.15, 0.2) is 5.13 Å². The van der Waals surface area contributed by atoms with Gasteiger partial charge in [0.25, 0.3) is 5.91 Å². The van der Waals surface area contributed by atoms with Crippen molar-refractivity contribution in [3.05, 3.63) is 88.5 Å². The van der Waals surface area contributed by atoms with Crippen LogP contribution in [0.2, 0.25) is 0 Å². The first-order valence-electron chi connectivity index (χ1n) is 13.3. The van der Waals surface area contributed by atoms with Crippen molar-refractivity contribution in [3.8, 4) is 0 Å². The van der Waals surface area contributed by atoms with Gasteiger partial charge in [-0.15, -0.1) is 0 Å². The van der Waals surface area contributed by atoms with E-state index in [0.717, 1.165) is 39.7 Å². The van der Waals surface area contributed by atoms with E-state index in [-0.39, 0.29) is 16.9 Å². The molecule has 202 valence electrons. The average Bonchev–Trinajstić information content (AvgIpc) is 3.61. The van der Waals surface area contributed by atoms with Crippen LogP contribution in [0.3, 0.4) is 0 Å². The molecular formula is C30H31N3O4S2. The summed E-state index contributed by atoms with van der Waals surface area (Å²) < 4.78 is 35.3. The highest BCUT2D eigenvalue weighted by molar-refractivity contribution is 7.89. The maximum absolute atomic E-state index is 13.8. The zero-order valence-corrected chi connectivity index (χ0v) is 23.7. The van der Waals surface area contributed by atoms with Gasteiger partial charge >= 0.3 is 0 Å². The van der Waals surface area contributed by atoms with E-state index in [1.807, 2.05) is 25.1 Å². The number of carbonyl (C=O) groups is 1. The van der Waals surface area contributed by atoms with Crippen molar-refractivity contribution in [2.75, 3.05) is 24.6 Å². The van der Waals surface area contributed by atoms with Crippen LogP contribution in [0.25, 0.3) is 10.2 Å². The molecule has 0 bridgehead atoms. The molecule has 4 aromatic rings. The minimum Gasteiger partial charge on any atom is -0.376 e. The van der Waals surface area contributed by atoms with Gasteiger partial charge in [-0.3, -0.25) is 9.69 Å². The number of rotatable bonds is 6. The molecule has 3 aromatic carbocycles. The number of benzene rings is 3. The molecule has 39 heavy (non-hydrogen) atoms. The van der Waals surface area contributed by atoms with Crippen LogP contribution >= 0.6 is 11.3 Å². The van der Waals surface area contributed by atoms with Crippen molar-refractivity contribution in [2.24, 2.45) is 0 Å². The number of anilines is 1. The highest BCUT2D eigenvalue weighted by Crippen LogP contribution is 2.33. The fourth-order valence-electron chi connectivity index (χ4n) is 5.46. The Bertz CT molecular complexity index is 1640. The molecule has 3 heterocycles. The van der Waals surface area contributed by atoms with Crippen molar-refractivity contribution in [2.45, 2.75) is 50.7 Å². The first-order valence-corrected chi connectivity index (χ1v) is 15.5. The van der Waals surface area contributed by atoms with Gasteiger partial charge in [-0.25, -0.2) is 13.4 Å². The van der Waals surface area contributed by atoms with E-state index >= 15 is 0 Å². The second-order valence-corrected chi connectivity index (χ2v) is 13.3. The second kappa shape index (κ2) is 10.5. The molecule has 1 saturated heterocycles. The van der Waals surface area contributed by atoms with Crippen LogP contribution in [-0.2, 0) is 27.7 Å². The Labute approximate surface area is 233 Å². The Balaban J connectivity index is 1.28. The number of thiazole rings is 1. The molecular weight excluding hydrogens is 530 g/mol. The quantitative estimate of drug-likeness (QED) is 0.311. The summed E-state index contributed by atoms with van der Waals surface area (Å²) in [5.74, 6) is -0.213. The van der Waals surface area contributed by atoms with Crippen LogP contribution in [0.1, 0.15) is 45.5 Å². The predicted molar refractivity (Wildman–Crippen MR) is 154 cm³/mol. The molecule has 1 amide bonds. The number of amides is 1. The topological polar surface area (TPSA) is 79.8 Å². The normalized spacial score (nSPS) is 17.8. The second-order valence-electron chi connectivity index (χ2n) is 10.4. The summed E-state index contributed by atoms with van der Waals surface area (Å²) in [7, 11) is -3.69. The predicted octanol–water partition coefficient (Wildman–Crippen LogP) is 5.49. The number of aromatic nitrogens is 1. The molecule has 0 spiro atoms. The monoisotopic (exact) mass is 561 g/mol. The number of nitrogens with zero attached hydrogens (tertiary/aromatic N) is 3. The van der Waals surface area contributed by atoms with E-state index in [1.54, 1.807) is 29.2 Å². The minimum atomic E-state index is -3.69. The van der Waals surface area contributed by atoms with Crippen molar-refractivity contribution < 1.29 is 17.9 Å². The molecule has 1 aromatic heterocycles. The Kier molecular flexibility index (Phi) is 7.01. The molecule has 1 atom stereocenters. The van der Waals surface area contributed by atoms with Gasteiger partial charge in [-0.05, 0) is 85.7 Å². The lowest BCUT2D eigenvalue weighted by molar-refractivity contribution is 0.0917. The molecule has 0 aliphatic carbocycles. The number of sulfonamides is 1. The SMILES string of the molecule is Cc1cc(C)c2nc(N(CC3CCCO3)C(=O)c3ccc(S(=O)(=O)N4CCc5ccccc5C4)cc3)sc2c1. The molecule has 1 unspecified atom stereocenters. The molecule has 2 aliphatic heterocycles. The maximum atomic E-state index is 13.8. The summed E-state index contributed by atoms with van der Waals surface area (Å²) in [6.45, 7) is 5.98. The van der Waals surface area contributed by atoms with E-state index < -0.39 is 10.0 Å². The maximum Gasteiger partial charge on any atom is 0.260 e. The zero-order chi connectivity index (χ0) is 27.1. The van der Waals surface area contributed by atoms with Crippen LogP contribution in [-0.4, -0.2) is 49.4 Å². The van der Waals surface area contributed by atoms with Crippen LogP contribution in [0.5, 0.6) is 0 Å². The Morgan fingerprint density at radius 3 is 2.62 bits per heavy atom. The highest BCUT2D eigenvalue weighted by atomic mass is 32.2. The van der Waals surface area contributed by atoms with E-state index in [2.05, 4.69) is 25.1 Å².